The van der Waals surface area contributed by atoms with E-state index < -0.39 is 0 Å². The quantitative estimate of drug-likeness (QED) is 0.897. The first kappa shape index (κ1) is 13.3. The number of benzene rings is 1. The van der Waals surface area contributed by atoms with Crippen molar-refractivity contribution in [1.29, 1.82) is 0 Å². The predicted molar refractivity (Wildman–Crippen MR) is 77.9 cm³/mol. The molecule has 20 heavy (non-hydrogen) atoms. The molecule has 106 valence electrons. The van der Waals surface area contributed by atoms with E-state index in [9.17, 15) is 4.79 Å². The largest absolute Gasteiger partial charge is 0.380 e. The zero-order chi connectivity index (χ0) is 14.4. The molecule has 5 nitrogen and oxygen atoms in total. The average molecular weight is 273 g/mol. The fraction of sp³-hybridized carbons (Fsp3) is 0.467. The highest BCUT2D eigenvalue weighted by molar-refractivity contribution is 5.82. The number of hydrogen-bond donors (Lipinski definition) is 1. The summed E-state index contributed by atoms with van der Waals surface area (Å²) in [6, 6.07) is 3.75. The highest BCUT2D eigenvalue weighted by Crippen LogP contribution is 2.26. The van der Waals surface area contributed by atoms with Gasteiger partial charge in [-0.25, -0.2) is 4.98 Å². The summed E-state index contributed by atoms with van der Waals surface area (Å²) in [5, 5.41) is 0.642. The van der Waals surface area contributed by atoms with Crippen LogP contribution >= 0.6 is 0 Å². The number of rotatable bonds is 2. The summed E-state index contributed by atoms with van der Waals surface area (Å²) in [7, 11) is 1.77. The van der Waals surface area contributed by atoms with Crippen LogP contribution < -0.4 is 11.3 Å². The van der Waals surface area contributed by atoms with E-state index >= 15 is 0 Å². The lowest BCUT2D eigenvalue weighted by Gasteiger charge is -2.27. The van der Waals surface area contributed by atoms with Crippen molar-refractivity contribution < 1.29 is 4.74 Å². The van der Waals surface area contributed by atoms with Gasteiger partial charge in [-0.2, -0.15) is 0 Å². The van der Waals surface area contributed by atoms with Crippen LogP contribution in [0.2, 0.25) is 0 Å². The van der Waals surface area contributed by atoms with Crippen molar-refractivity contribution in [2.75, 3.05) is 13.2 Å². The molecular weight excluding hydrogens is 254 g/mol. The standard InChI is InChI=1S/C15H19N3O2/c1-8-4-11(9(2)16)13-12(5-8)15(19)18(3)14(17-13)10-6-20-7-10/h4-5,9-10H,6-7,16H2,1-3H3. The van der Waals surface area contributed by atoms with Gasteiger partial charge in [-0.15, -0.1) is 0 Å². The van der Waals surface area contributed by atoms with Crippen LogP contribution in [0, 0.1) is 6.92 Å². The first-order valence-corrected chi connectivity index (χ1v) is 6.83. The third kappa shape index (κ3) is 1.94. The first-order valence-electron chi connectivity index (χ1n) is 6.83. The van der Waals surface area contributed by atoms with Crippen molar-refractivity contribution >= 4 is 10.9 Å². The summed E-state index contributed by atoms with van der Waals surface area (Å²) in [4.78, 5) is 17.3. The maximum absolute atomic E-state index is 12.6. The van der Waals surface area contributed by atoms with Gasteiger partial charge in [0.05, 0.1) is 30.0 Å². The maximum Gasteiger partial charge on any atom is 0.261 e. The lowest BCUT2D eigenvalue weighted by molar-refractivity contribution is 0.00340. The Kier molecular flexibility index (Phi) is 3.11. The van der Waals surface area contributed by atoms with E-state index in [4.69, 9.17) is 15.5 Å². The van der Waals surface area contributed by atoms with E-state index in [0.717, 1.165) is 22.5 Å². The normalized spacial score (nSPS) is 17.2. The Hall–Kier alpha value is -1.72. The molecule has 1 aliphatic heterocycles. The number of hydrogen-bond acceptors (Lipinski definition) is 4. The summed E-state index contributed by atoms with van der Waals surface area (Å²) >= 11 is 0. The molecule has 0 radical (unpaired) electrons. The Bertz CT molecular complexity index is 730. The van der Waals surface area contributed by atoms with Crippen LogP contribution in [0.1, 0.15) is 35.8 Å². The van der Waals surface area contributed by atoms with Crippen molar-refractivity contribution in [1.82, 2.24) is 9.55 Å². The summed E-state index contributed by atoms with van der Waals surface area (Å²) in [6.07, 6.45) is 0. The van der Waals surface area contributed by atoms with Crippen LogP contribution in [0.3, 0.4) is 0 Å². The number of nitrogens with two attached hydrogens (primary N) is 1. The van der Waals surface area contributed by atoms with Gasteiger partial charge in [0.1, 0.15) is 5.82 Å². The molecule has 1 unspecified atom stereocenters. The fourth-order valence-corrected chi connectivity index (χ4v) is 2.67. The zero-order valence-electron chi connectivity index (χ0n) is 12.0. The first-order chi connectivity index (χ1) is 9.49. The Labute approximate surface area is 117 Å². The molecule has 1 aliphatic rings. The molecule has 0 spiro atoms. The van der Waals surface area contributed by atoms with E-state index in [2.05, 4.69) is 0 Å². The lowest BCUT2D eigenvalue weighted by atomic mass is 10.0. The maximum atomic E-state index is 12.6. The molecule has 1 saturated heterocycles. The van der Waals surface area contributed by atoms with Gasteiger partial charge in [-0.05, 0) is 31.0 Å². The minimum atomic E-state index is -0.150. The molecule has 2 N–H and O–H groups in total. The molecule has 2 aromatic rings. The second-order valence-corrected chi connectivity index (χ2v) is 5.61. The summed E-state index contributed by atoms with van der Waals surface area (Å²) in [5.74, 6) is 0.999. The van der Waals surface area contributed by atoms with Gasteiger partial charge in [-0.3, -0.25) is 9.36 Å². The topological polar surface area (TPSA) is 70.1 Å². The van der Waals surface area contributed by atoms with Gasteiger partial charge in [-0.1, -0.05) is 6.07 Å². The zero-order valence-corrected chi connectivity index (χ0v) is 12.0. The number of aromatic nitrogens is 2. The summed E-state index contributed by atoms with van der Waals surface area (Å²) < 4.78 is 6.85. The minimum Gasteiger partial charge on any atom is -0.380 e. The molecule has 1 fully saturated rings. The van der Waals surface area contributed by atoms with Gasteiger partial charge in [0.15, 0.2) is 0 Å². The van der Waals surface area contributed by atoms with E-state index in [1.165, 1.54) is 0 Å². The Morgan fingerprint density at radius 1 is 1.45 bits per heavy atom. The second-order valence-electron chi connectivity index (χ2n) is 5.61. The van der Waals surface area contributed by atoms with Gasteiger partial charge in [0.2, 0.25) is 0 Å². The molecule has 0 amide bonds. The Morgan fingerprint density at radius 2 is 2.15 bits per heavy atom. The van der Waals surface area contributed by atoms with Crippen LogP contribution in [0.15, 0.2) is 16.9 Å². The van der Waals surface area contributed by atoms with Crippen LogP contribution in [0.5, 0.6) is 0 Å². The number of nitrogens with zero attached hydrogens (tertiary/aromatic N) is 2. The van der Waals surface area contributed by atoms with E-state index in [1.807, 2.05) is 26.0 Å². The Balaban J connectivity index is 2.36. The molecule has 1 aromatic carbocycles. The molecule has 0 aliphatic carbocycles. The van der Waals surface area contributed by atoms with Crippen LogP contribution in [-0.2, 0) is 11.8 Å². The molecule has 1 aromatic heterocycles. The third-order valence-electron chi connectivity index (χ3n) is 3.88. The SMILES string of the molecule is Cc1cc(C(C)N)c2nc(C3COC3)n(C)c(=O)c2c1. The number of fused-ring (bicyclic) bond motifs is 1. The van der Waals surface area contributed by atoms with Gasteiger partial charge >= 0.3 is 0 Å². The van der Waals surface area contributed by atoms with Crippen molar-refractivity contribution in [2.24, 2.45) is 12.8 Å². The molecule has 5 heteroatoms. The van der Waals surface area contributed by atoms with Crippen LogP contribution in [-0.4, -0.2) is 22.8 Å². The monoisotopic (exact) mass is 273 g/mol. The van der Waals surface area contributed by atoms with Gasteiger partial charge < -0.3 is 10.5 Å². The van der Waals surface area contributed by atoms with E-state index in [-0.39, 0.29) is 17.5 Å². The highest BCUT2D eigenvalue weighted by atomic mass is 16.5. The summed E-state index contributed by atoms with van der Waals surface area (Å²) in [6.45, 7) is 5.15. The minimum absolute atomic E-state index is 0.0116. The van der Waals surface area contributed by atoms with Gasteiger partial charge in [0.25, 0.3) is 5.56 Å². The highest BCUT2D eigenvalue weighted by Gasteiger charge is 2.26. The Morgan fingerprint density at radius 3 is 2.70 bits per heavy atom. The molecule has 1 atom stereocenters. The van der Waals surface area contributed by atoms with Crippen molar-refractivity contribution in [3.8, 4) is 0 Å². The van der Waals surface area contributed by atoms with Gasteiger partial charge in [0, 0.05) is 13.1 Å². The summed E-state index contributed by atoms with van der Waals surface area (Å²) in [5.41, 5.74) is 8.72. The number of ether oxygens (including phenoxy) is 1. The smallest absolute Gasteiger partial charge is 0.261 e. The predicted octanol–water partition coefficient (Wildman–Crippen LogP) is 1.38. The average Bonchev–Trinajstić information content (AvgIpc) is 2.33. The van der Waals surface area contributed by atoms with Crippen molar-refractivity contribution in [3.05, 3.63) is 39.4 Å². The lowest BCUT2D eigenvalue weighted by Crippen LogP contribution is -2.33. The van der Waals surface area contributed by atoms with Crippen LogP contribution in [0.4, 0.5) is 0 Å². The second kappa shape index (κ2) is 4.68. The van der Waals surface area contributed by atoms with Crippen molar-refractivity contribution in [3.63, 3.8) is 0 Å². The van der Waals surface area contributed by atoms with Crippen molar-refractivity contribution in [2.45, 2.75) is 25.8 Å². The fourth-order valence-electron chi connectivity index (χ4n) is 2.67. The molecular formula is C15H19N3O2. The van der Waals surface area contributed by atoms with E-state index in [1.54, 1.807) is 11.6 Å². The molecule has 3 rings (SSSR count). The van der Waals surface area contributed by atoms with E-state index in [0.29, 0.717) is 18.6 Å². The van der Waals surface area contributed by atoms with Crippen LogP contribution in [0.25, 0.3) is 10.9 Å². The molecule has 2 heterocycles. The molecule has 0 bridgehead atoms. The number of aryl methyl sites for hydroxylation is 1. The molecule has 0 saturated carbocycles. The third-order valence-corrected chi connectivity index (χ3v) is 3.88.